The molecule has 30 heavy (non-hydrogen) atoms. The summed E-state index contributed by atoms with van der Waals surface area (Å²) in [5.74, 6) is 2.35. The highest BCUT2D eigenvalue weighted by Crippen LogP contribution is 2.27. The summed E-state index contributed by atoms with van der Waals surface area (Å²) >= 11 is 0. The van der Waals surface area contributed by atoms with E-state index in [2.05, 4.69) is 20.8 Å². The number of nitrogens with zero attached hydrogens (tertiary/aromatic N) is 4. The molecule has 158 valence electrons. The highest BCUT2D eigenvalue weighted by atomic mass is 16.5. The number of tetrazole rings is 1. The molecule has 1 heterocycles. The number of carbonyl (C=O) groups excluding carboxylic acids is 1. The Morgan fingerprint density at radius 1 is 1.07 bits per heavy atom. The fraction of sp³-hybridized carbons (Fsp3) is 0.333. The SMILES string of the molecule is COc1ccc(CNC(=O)c2ccc(OCc3nnnn3C(C)C)cc2)cc1OC. The number of aromatic nitrogens is 4. The van der Waals surface area contributed by atoms with Crippen molar-refractivity contribution in [2.24, 2.45) is 0 Å². The van der Waals surface area contributed by atoms with Crippen molar-refractivity contribution in [2.75, 3.05) is 14.2 Å². The molecule has 0 aliphatic heterocycles. The lowest BCUT2D eigenvalue weighted by atomic mass is 10.1. The Morgan fingerprint density at radius 2 is 1.80 bits per heavy atom. The molecular weight excluding hydrogens is 386 g/mol. The molecule has 0 atom stereocenters. The molecule has 0 bridgehead atoms. The van der Waals surface area contributed by atoms with Gasteiger partial charge >= 0.3 is 0 Å². The summed E-state index contributed by atoms with van der Waals surface area (Å²) in [6, 6.07) is 12.6. The van der Waals surface area contributed by atoms with Gasteiger partial charge in [-0.05, 0) is 66.2 Å². The molecule has 0 aliphatic carbocycles. The molecule has 9 nitrogen and oxygen atoms in total. The number of nitrogens with one attached hydrogen (secondary N) is 1. The molecule has 0 aliphatic rings. The van der Waals surface area contributed by atoms with Crippen molar-refractivity contribution in [2.45, 2.75) is 33.0 Å². The first-order valence-electron chi connectivity index (χ1n) is 9.50. The van der Waals surface area contributed by atoms with Crippen molar-refractivity contribution in [3.8, 4) is 17.2 Å². The quantitative estimate of drug-likeness (QED) is 0.578. The number of benzene rings is 2. The lowest BCUT2D eigenvalue weighted by Crippen LogP contribution is -2.22. The second kappa shape index (κ2) is 9.73. The van der Waals surface area contributed by atoms with Gasteiger partial charge in [-0.15, -0.1) is 5.10 Å². The first-order valence-corrected chi connectivity index (χ1v) is 9.50. The maximum absolute atomic E-state index is 12.4. The molecule has 0 saturated carbocycles. The highest BCUT2D eigenvalue weighted by Gasteiger charge is 2.11. The zero-order valence-corrected chi connectivity index (χ0v) is 17.5. The van der Waals surface area contributed by atoms with Crippen LogP contribution < -0.4 is 19.5 Å². The Hall–Kier alpha value is -3.62. The Bertz CT molecular complexity index is 985. The number of carbonyl (C=O) groups is 1. The van der Waals surface area contributed by atoms with Gasteiger partial charge in [0.2, 0.25) is 0 Å². The van der Waals surface area contributed by atoms with Gasteiger partial charge in [-0.2, -0.15) is 0 Å². The van der Waals surface area contributed by atoms with E-state index in [1.54, 1.807) is 43.2 Å². The average Bonchev–Trinajstić information content (AvgIpc) is 3.25. The van der Waals surface area contributed by atoms with Crippen LogP contribution in [0.4, 0.5) is 0 Å². The first kappa shape index (κ1) is 21.1. The Labute approximate surface area is 175 Å². The number of rotatable bonds is 9. The van der Waals surface area contributed by atoms with E-state index in [1.165, 1.54) is 0 Å². The normalized spacial score (nSPS) is 10.7. The van der Waals surface area contributed by atoms with E-state index in [-0.39, 0.29) is 18.6 Å². The van der Waals surface area contributed by atoms with Gasteiger partial charge in [0.1, 0.15) is 12.4 Å². The van der Waals surface area contributed by atoms with Gasteiger partial charge in [-0.1, -0.05) is 6.07 Å². The second-order valence-corrected chi connectivity index (χ2v) is 6.82. The molecule has 1 amide bonds. The van der Waals surface area contributed by atoms with E-state index >= 15 is 0 Å². The smallest absolute Gasteiger partial charge is 0.251 e. The van der Waals surface area contributed by atoms with E-state index in [9.17, 15) is 4.79 Å². The molecule has 0 radical (unpaired) electrons. The summed E-state index contributed by atoms with van der Waals surface area (Å²) in [5.41, 5.74) is 1.44. The predicted molar refractivity (Wildman–Crippen MR) is 110 cm³/mol. The summed E-state index contributed by atoms with van der Waals surface area (Å²) in [5, 5.41) is 14.5. The molecule has 2 aromatic carbocycles. The lowest BCUT2D eigenvalue weighted by Gasteiger charge is -2.11. The van der Waals surface area contributed by atoms with Crippen LogP contribution in [0.5, 0.6) is 17.2 Å². The molecule has 0 spiro atoms. The molecule has 0 saturated heterocycles. The van der Waals surface area contributed by atoms with Crippen molar-refractivity contribution in [1.82, 2.24) is 25.5 Å². The minimum atomic E-state index is -0.180. The fourth-order valence-electron chi connectivity index (χ4n) is 2.83. The van der Waals surface area contributed by atoms with Crippen LogP contribution in [0.2, 0.25) is 0 Å². The van der Waals surface area contributed by atoms with E-state index in [4.69, 9.17) is 14.2 Å². The van der Waals surface area contributed by atoms with Crippen molar-refractivity contribution in [1.29, 1.82) is 0 Å². The maximum Gasteiger partial charge on any atom is 0.251 e. The minimum Gasteiger partial charge on any atom is -0.493 e. The first-order chi connectivity index (χ1) is 14.5. The second-order valence-electron chi connectivity index (χ2n) is 6.82. The fourth-order valence-corrected chi connectivity index (χ4v) is 2.83. The van der Waals surface area contributed by atoms with Crippen molar-refractivity contribution in [3.05, 3.63) is 59.4 Å². The number of ether oxygens (including phenoxy) is 3. The van der Waals surface area contributed by atoms with Crippen LogP contribution in [0.3, 0.4) is 0 Å². The molecular formula is C21H25N5O4. The van der Waals surface area contributed by atoms with Crippen LogP contribution in [0, 0.1) is 0 Å². The van der Waals surface area contributed by atoms with Crippen LogP contribution in [0.1, 0.15) is 41.6 Å². The van der Waals surface area contributed by atoms with E-state index in [0.29, 0.717) is 35.2 Å². The van der Waals surface area contributed by atoms with Gasteiger partial charge in [0, 0.05) is 12.1 Å². The maximum atomic E-state index is 12.4. The molecule has 0 unspecified atom stereocenters. The summed E-state index contributed by atoms with van der Waals surface area (Å²) in [6.45, 7) is 4.61. The monoisotopic (exact) mass is 411 g/mol. The largest absolute Gasteiger partial charge is 0.493 e. The summed E-state index contributed by atoms with van der Waals surface area (Å²) < 4.78 is 17.9. The van der Waals surface area contributed by atoms with Gasteiger partial charge in [0.25, 0.3) is 5.91 Å². The van der Waals surface area contributed by atoms with Crippen LogP contribution >= 0.6 is 0 Å². The third kappa shape index (κ3) is 5.05. The van der Waals surface area contributed by atoms with Crippen molar-refractivity contribution >= 4 is 5.91 Å². The molecule has 0 fully saturated rings. The zero-order valence-electron chi connectivity index (χ0n) is 17.5. The van der Waals surface area contributed by atoms with Gasteiger partial charge in [0.05, 0.1) is 20.3 Å². The molecule has 1 aromatic heterocycles. The van der Waals surface area contributed by atoms with Crippen LogP contribution in [0.15, 0.2) is 42.5 Å². The number of methoxy groups -OCH3 is 2. The summed E-state index contributed by atoms with van der Waals surface area (Å²) in [6.07, 6.45) is 0. The average molecular weight is 411 g/mol. The number of hydrogen-bond donors (Lipinski definition) is 1. The van der Waals surface area contributed by atoms with E-state index < -0.39 is 0 Å². The van der Waals surface area contributed by atoms with Gasteiger partial charge in [-0.3, -0.25) is 4.79 Å². The standard InChI is InChI=1S/C21H25N5O4/c1-14(2)26-20(23-24-25-26)13-30-17-8-6-16(7-9-17)21(27)22-12-15-5-10-18(28-3)19(11-15)29-4/h5-11,14H,12-13H2,1-4H3,(H,22,27). The third-order valence-electron chi connectivity index (χ3n) is 4.44. The Balaban J connectivity index is 1.55. The Kier molecular flexibility index (Phi) is 6.84. The predicted octanol–water partition coefficient (Wildman–Crippen LogP) is 2.78. The van der Waals surface area contributed by atoms with Crippen LogP contribution in [-0.2, 0) is 13.2 Å². The number of hydrogen-bond acceptors (Lipinski definition) is 7. The molecule has 9 heteroatoms. The van der Waals surface area contributed by atoms with Crippen LogP contribution in [-0.4, -0.2) is 40.3 Å². The van der Waals surface area contributed by atoms with Crippen LogP contribution in [0.25, 0.3) is 0 Å². The highest BCUT2D eigenvalue weighted by molar-refractivity contribution is 5.94. The van der Waals surface area contributed by atoms with Gasteiger partial charge < -0.3 is 19.5 Å². The van der Waals surface area contributed by atoms with E-state index in [0.717, 1.165) is 5.56 Å². The van der Waals surface area contributed by atoms with Crippen molar-refractivity contribution < 1.29 is 19.0 Å². The third-order valence-corrected chi connectivity index (χ3v) is 4.44. The zero-order chi connectivity index (χ0) is 21.5. The minimum absolute atomic E-state index is 0.148. The van der Waals surface area contributed by atoms with Gasteiger partial charge in [0.15, 0.2) is 17.3 Å². The topological polar surface area (TPSA) is 100 Å². The molecule has 1 N–H and O–H groups in total. The van der Waals surface area contributed by atoms with E-state index in [1.807, 2.05) is 32.0 Å². The molecule has 3 rings (SSSR count). The Morgan fingerprint density at radius 3 is 2.47 bits per heavy atom. The molecule has 3 aromatic rings. The lowest BCUT2D eigenvalue weighted by molar-refractivity contribution is 0.0951. The summed E-state index contributed by atoms with van der Waals surface area (Å²) in [7, 11) is 3.16. The summed E-state index contributed by atoms with van der Waals surface area (Å²) in [4.78, 5) is 12.4. The number of amides is 1. The van der Waals surface area contributed by atoms with Crippen molar-refractivity contribution in [3.63, 3.8) is 0 Å². The van der Waals surface area contributed by atoms with Gasteiger partial charge in [-0.25, -0.2) is 4.68 Å².